The Morgan fingerprint density at radius 1 is 1.00 bits per heavy atom. The van der Waals surface area contributed by atoms with E-state index in [1.54, 1.807) is 24.3 Å². The van der Waals surface area contributed by atoms with Gasteiger partial charge in [-0.1, -0.05) is 28.5 Å². The zero-order chi connectivity index (χ0) is 13.4. The molecule has 1 aromatic carbocycles. The van der Waals surface area contributed by atoms with Crippen molar-refractivity contribution in [1.82, 2.24) is 0 Å². The lowest BCUT2D eigenvalue weighted by Crippen LogP contribution is -2.03. The predicted octanol–water partition coefficient (Wildman–Crippen LogP) is 1.43. The third-order valence-corrected chi connectivity index (χ3v) is 1.99. The van der Waals surface area contributed by atoms with Gasteiger partial charge in [0.25, 0.3) is 0 Å². The van der Waals surface area contributed by atoms with Crippen LogP contribution in [0.4, 0.5) is 0 Å². The summed E-state index contributed by atoms with van der Waals surface area (Å²) < 4.78 is 0. The number of benzene rings is 1. The molecule has 0 spiro atoms. The number of hydrogen-bond acceptors (Lipinski definition) is 6. The first-order valence-electron chi connectivity index (χ1n) is 4.90. The van der Waals surface area contributed by atoms with Crippen LogP contribution in [0.15, 0.2) is 34.6 Å². The molecule has 6 heteroatoms. The molecule has 18 heavy (non-hydrogen) atoms. The Bertz CT molecular complexity index is 517. The second-order valence-electron chi connectivity index (χ2n) is 3.05. The SMILES string of the molecule is CO/N=C(\C#N)c1cccc(/C(C#N)=N/OC)c1. The van der Waals surface area contributed by atoms with E-state index >= 15 is 0 Å². The standard InChI is InChI=1S/C12H10N4O2/c1-17-15-11(7-13)9-4-3-5-10(6-9)12(8-14)16-18-2/h3-6H,1-2H3/b15-11+,16-12+. The largest absolute Gasteiger partial charge is 0.398 e. The van der Waals surface area contributed by atoms with Gasteiger partial charge < -0.3 is 9.68 Å². The van der Waals surface area contributed by atoms with E-state index in [9.17, 15) is 0 Å². The molecule has 0 fully saturated rings. The summed E-state index contributed by atoms with van der Waals surface area (Å²) in [6.07, 6.45) is 0. The third kappa shape index (κ3) is 3.06. The Morgan fingerprint density at radius 2 is 1.44 bits per heavy atom. The molecule has 0 aromatic heterocycles. The van der Waals surface area contributed by atoms with Gasteiger partial charge in [0, 0.05) is 11.1 Å². The van der Waals surface area contributed by atoms with Gasteiger partial charge in [-0.25, -0.2) is 0 Å². The molecular formula is C12H10N4O2. The summed E-state index contributed by atoms with van der Waals surface area (Å²) in [7, 11) is 2.71. The fourth-order valence-corrected chi connectivity index (χ4v) is 1.27. The average Bonchev–Trinajstić information content (AvgIpc) is 2.42. The summed E-state index contributed by atoms with van der Waals surface area (Å²) in [5.74, 6) is 0. The van der Waals surface area contributed by atoms with E-state index in [0.29, 0.717) is 11.1 Å². The highest BCUT2D eigenvalue weighted by atomic mass is 16.6. The van der Waals surface area contributed by atoms with Crippen LogP contribution in [0.5, 0.6) is 0 Å². The van der Waals surface area contributed by atoms with Crippen molar-refractivity contribution in [2.45, 2.75) is 0 Å². The van der Waals surface area contributed by atoms with Crippen LogP contribution in [0.1, 0.15) is 11.1 Å². The van der Waals surface area contributed by atoms with E-state index in [1.807, 2.05) is 12.1 Å². The van der Waals surface area contributed by atoms with Crippen LogP contribution in [0, 0.1) is 22.7 Å². The Labute approximate surface area is 104 Å². The molecular weight excluding hydrogens is 232 g/mol. The summed E-state index contributed by atoms with van der Waals surface area (Å²) in [5.41, 5.74) is 1.31. The maximum absolute atomic E-state index is 8.92. The van der Waals surface area contributed by atoms with Crippen molar-refractivity contribution in [3.63, 3.8) is 0 Å². The van der Waals surface area contributed by atoms with Crippen LogP contribution >= 0.6 is 0 Å². The van der Waals surface area contributed by atoms with Gasteiger partial charge in [0.05, 0.1) is 0 Å². The van der Waals surface area contributed by atoms with Gasteiger partial charge in [-0.2, -0.15) is 10.5 Å². The van der Waals surface area contributed by atoms with E-state index in [0.717, 1.165) is 0 Å². The van der Waals surface area contributed by atoms with Crippen molar-refractivity contribution in [3.05, 3.63) is 35.4 Å². The van der Waals surface area contributed by atoms with E-state index in [-0.39, 0.29) is 11.4 Å². The quantitative estimate of drug-likeness (QED) is 0.590. The average molecular weight is 242 g/mol. The molecule has 0 heterocycles. The number of hydrogen-bond donors (Lipinski definition) is 0. The summed E-state index contributed by atoms with van der Waals surface area (Å²) in [6.45, 7) is 0. The lowest BCUT2D eigenvalue weighted by molar-refractivity contribution is 0.214. The molecule has 90 valence electrons. The van der Waals surface area contributed by atoms with Gasteiger partial charge in [-0.3, -0.25) is 0 Å². The van der Waals surface area contributed by atoms with E-state index < -0.39 is 0 Å². The fraction of sp³-hybridized carbons (Fsp3) is 0.167. The molecule has 0 unspecified atom stereocenters. The van der Waals surface area contributed by atoms with E-state index in [2.05, 4.69) is 20.0 Å². The molecule has 0 N–H and O–H groups in total. The second-order valence-corrected chi connectivity index (χ2v) is 3.05. The molecule has 0 bridgehead atoms. The van der Waals surface area contributed by atoms with Crippen LogP contribution in [0.2, 0.25) is 0 Å². The number of oxime groups is 2. The minimum Gasteiger partial charge on any atom is -0.398 e. The lowest BCUT2D eigenvalue weighted by atomic mass is 10.0. The van der Waals surface area contributed by atoms with Crippen molar-refractivity contribution in [2.24, 2.45) is 10.3 Å². The number of nitrogens with zero attached hydrogens (tertiary/aromatic N) is 4. The molecule has 0 saturated carbocycles. The molecule has 0 radical (unpaired) electrons. The fourth-order valence-electron chi connectivity index (χ4n) is 1.27. The molecule has 0 aliphatic carbocycles. The lowest BCUT2D eigenvalue weighted by Gasteiger charge is -2.01. The highest BCUT2D eigenvalue weighted by molar-refractivity contribution is 6.15. The molecule has 0 saturated heterocycles. The normalized spacial score (nSPS) is 11.3. The third-order valence-electron chi connectivity index (χ3n) is 1.99. The summed E-state index contributed by atoms with van der Waals surface area (Å²) in [6, 6.07) is 10.5. The first-order chi connectivity index (χ1) is 8.76. The van der Waals surface area contributed by atoms with Crippen molar-refractivity contribution < 1.29 is 9.68 Å². The smallest absolute Gasteiger partial charge is 0.186 e. The highest BCUT2D eigenvalue weighted by Crippen LogP contribution is 2.08. The number of rotatable bonds is 4. The summed E-state index contributed by atoms with van der Waals surface area (Å²) in [4.78, 5) is 9.14. The van der Waals surface area contributed by atoms with Gasteiger partial charge in [-0.05, 0) is 6.07 Å². The van der Waals surface area contributed by atoms with Gasteiger partial charge >= 0.3 is 0 Å². The van der Waals surface area contributed by atoms with E-state index in [1.165, 1.54) is 14.2 Å². The Morgan fingerprint density at radius 3 is 1.78 bits per heavy atom. The van der Waals surface area contributed by atoms with Gasteiger partial charge in [0.2, 0.25) is 0 Å². The molecule has 1 aromatic rings. The Kier molecular flexibility index (Phi) is 4.89. The summed E-state index contributed by atoms with van der Waals surface area (Å²) in [5, 5.41) is 25.0. The zero-order valence-electron chi connectivity index (χ0n) is 9.91. The Balaban J connectivity index is 3.23. The monoisotopic (exact) mass is 242 g/mol. The van der Waals surface area contributed by atoms with Gasteiger partial charge in [0.1, 0.15) is 26.4 Å². The molecule has 0 atom stereocenters. The van der Waals surface area contributed by atoms with Gasteiger partial charge in [-0.15, -0.1) is 0 Å². The maximum Gasteiger partial charge on any atom is 0.186 e. The van der Waals surface area contributed by atoms with Crippen LogP contribution < -0.4 is 0 Å². The Hall–Kier alpha value is -2.86. The first-order valence-corrected chi connectivity index (χ1v) is 4.90. The molecule has 6 nitrogen and oxygen atoms in total. The number of nitriles is 2. The maximum atomic E-state index is 8.92. The molecule has 0 aliphatic rings. The molecule has 0 amide bonds. The minimum atomic E-state index is 0.119. The van der Waals surface area contributed by atoms with Crippen LogP contribution in [0.3, 0.4) is 0 Å². The van der Waals surface area contributed by atoms with Crippen molar-refractivity contribution in [3.8, 4) is 12.1 Å². The molecule has 1 rings (SSSR count). The zero-order valence-corrected chi connectivity index (χ0v) is 9.91. The summed E-state index contributed by atoms with van der Waals surface area (Å²) >= 11 is 0. The minimum absolute atomic E-state index is 0.119. The predicted molar refractivity (Wildman–Crippen MR) is 64.8 cm³/mol. The highest BCUT2D eigenvalue weighted by Gasteiger charge is 2.08. The van der Waals surface area contributed by atoms with Crippen molar-refractivity contribution in [2.75, 3.05) is 14.2 Å². The van der Waals surface area contributed by atoms with Crippen LogP contribution in [-0.4, -0.2) is 25.6 Å². The van der Waals surface area contributed by atoms with Crippen LogP contribution in [0.25, 0.3) is 0 Å². The van der Waals surface area contributed by atoms with Crippen molar-refractivity contribution in [1.29, 1.82) is 10.5 Å². The first kappa shape index (κ1) is 13.2. The van der Waals surface area contributed by atoms with Crippen molar-refractivity contribution >= 4 is 11.4 Å². The van der Waals surface area contributed by atoms with Crippen LogP contribution in [-0.2, 0) is 9.68 Å². The van der Waals surface area contributed by atoms with E-state index in [4.69, 9.17) is 10.5 Å². The molecule has 0 aliphatic heterocycles. The van der Waals surface area contributed by atoms with Gasteiger partial charge in [0.15, 0.2) is 11.4 Å². The topological polar surface area (TPSA) is 90.8 Å². The second kappa shape index (κ2) is 6.66.